The second-order valence-electron chi connectivity index (χ2n) is 4.55. The van der Waals surface area contributed by atoms with Crippen molar-refractivity contribution in [3.63, 3.8) is 0 Å². The predicted octanol–water partition coefficient (Wildman–Crippen LogP) is 0.557. The first-order chi connectivity index (χ1) is 6.80. The molecule has 4 nitrogen and oxygen atoms in total. The molecule has 0 spiro atoms. The highest BCUT2D eigenvalue weighted by Gasteiger charge is 2.18. The number of rotatable bonds is 6. The number of hydrogen-bond acceptors (Lipinski definition) is 3. The molecule has 0 aromatic carbocycles. The molecule has 0 atom stereocenters. The van der Waals surface area contributed by atoms with E-state index in [1.165, 1.54) is 0 Å². The molecule has 0 saturated heterocycles. The zero-order valence-electron chi connectivity index (χ0n) is 10.6. The molecule has 4 heteroatoms. The van der Waals surface area contributed by atoms with Crippen molar-refractivity contribution in [2.24, 2.45) is 0 Å². The van der Waals surface area contributed by atoms with Gasteiger partial charge in [0.05, 0.1) is 12.1 Å². The van der Waals surface area contributed by atoms with E-state index in [-0.39, 0.29) is 5.91 Å². The molecule has 0 fully saturated rings. The van der Waals surface area contributed by atoms with E-state index in [1.807, 2.05) is 25.8 Å². The van der Waals surface area contributed by atoms with E-state index in [0.29, 0.717) is 13.1 Å². The Morgan fingerprint density at radius 1 is 1.27 bits per heavy atom. The van der Waals surface area contributed by atoms with Crippen molar-refractivity contribution >= 4 is 5.91 Å². The van der Waals surface area contributed by atoms with Gasteiger partial charge in [-0.3, -0.25) is 9.69 Å². The van der Waals surface area contributed by atoms with Crippen LogP contribution in [0.5, 0.6) is 0 Å². The van der Waals surface area contributed by atoms with Crippen LogP contribution in [0.1, 0.15) is 27.7 Å². The Kier molecular flexibility index (Phi) is 5.83. The highest BCUT2D eigenvalue weighted by atomic mass is 16.3. The van der Waals surface area contributed by atoms with Gasteiger partial charge < -0.3 is 10.0 Å². The lowest BCUT2D eigenvalue weighted by Crippen LogP contribution is -2.43. The minimum atomic E-state index is -0.752. The van der Waals surface area contributed by atoms with E-state index < -0.39 is 5.60 Å². The first-order valence-electron chi connectivity index (χ1n) is 5.48. The molecule has 0 aliphatic heterocycles. The molecule has 0 aromatic heterocycles. The van der Waals surface area contributed by atoms with Crippen LogP contribution in [0.2, 0.25) is 0 Å². The predicted molar refractivity (Wildman–Crippen MR) is 61.7 cm³/mol. The third-order valence-electron chi connectivity index (χ3n) is 2.18. The summed E-state index contributed by atoms with van der Waals surface area (Å²) < 4.78 is 0. The van der Waals surface area contributed by atoms with Crippen molar-refractivity contribution in [2.75, 3.05) is 33.2 Å². The van der Waals surface area contributed by atoms with Crippen LogP contribution in [0.15, 0.2) is 0 Å². The molecule has 0 aromatic rings. The number of likely N-dealkylation sites (N-methyl/N-ethyl adjacent to an activating group) is 2. The van der Waals surface area contributed by atoms with Crippen molar-refractivity contribution in [2.45, 2.75) is 33.3 Å². The Bertz CT molecular complexity index is 195. The second-order valence-corrected chi connectivity index (χ2v) is 4.55. The van der Waals surface area contributed by atoms with Crippen molar-refractivity contribution < 1.29 is 9.90 Å². The largest absolute Gasteiger partial charge is 0.389 e. The van der Waals surface area contributed by atoms with Gasteiger partial charge in [0.25, 0.3) is 0 Å². The van der Waals surface area contributed by atoms with Gasteiger partial charge in [0, 0.05) is 19.6 Å². The van der Waals surface area contributed by atoms with Crippen LogP contribution in [0, 0.1) is 0 Å². The smallest absolute Gasteiger partial charge is 0.236 e. The van der Waals surface area contributed by atoms with E-state index in [9.17, 15) is 9.90 Å². The SMILES string of the molecule is CCN(CC)C(=O)CN(C)CC(C)(C)O. The Morgan fingerprint density at radius 3 is 2.07 bits per heavy atom. The summed E-state index contributed by atoms with van der Waals surface area (Å²) >= 11 is 0. The number of hydrogen-bond donors (Lipinski definition) is 1. The van der Waals surface area contributed by atoms with Gasteiger partial charge in [-0.05, 0) is 34.7 Å². The lowest BCUT2D eigenvalue weighted by molar-refractivity contribution is -0.132. The summed E-state index contributed by atoms with van der Waals surface area (Å²) in [4.78, 5) is 15.3. The summed E-state index contributed by atoms with van der Waals surface area (Å²) in [6.45, 7) is 9.77. The monoisotopic (exact) mass is 216 g/mol. The Labute approximate surface area is 92.9 Å². The molecule has 0 bridgehead atoms. The molecule has 1 N–H and O–H groups in total. The normalized spacial score (nSPS) is 11.9. The van der Waals surface area contributed by atoms with Crippen molar-refractivity contribution in [1.29, 1.82) is 0 Å². The third kappa shape index (κ3) is 6.47. The number of aliphatic hydroxyl groups is 1. The van der Waals surface area contributed by atoms with Crippen LogP contribution in [0.25, 0.3) is 0 Å². The van der Waals surface area contributed by atoms with Gasteiger partial charge in [-0.2, -0.15) is 0 Å². The average molecular weight is 216 g/mol. The molecule has 90 valence electrons. The number of amides is 1. The highest BCUT2D eigenvalue weighted by molar-refractivity contribution is 5.78. The van der Waals surface area contributed by atoms with E-state index in [4.69, 9.17) is 0 Å². The quantitative estimate of drug-likeness (QED) is 0.705. The molecule has 15 heavy (non-hydrogen) atoms. The standard InChI is InChI=1S/C11H24N2O2/c1-6-13(7-2)10(14)8-12(5)9-11(3,4)15/h15H,6-9H2,1-5H3. The fraction of sp³-hybridized carbons (Fsp3) is 0.909. The van der Waals surface area contributed by atoms with Crippen LogP contribution >= 0.6 is 0 Å². The Balaban J connectivity index is 4.06. The molecule has 0 unspecified atom stereocenters. The van der Waals surface area contributed by atoms with Gasteiger partial charge in [-0.1, -0.05) is 0 Å². The maximum atomic E-state index is 11.7. The Morgan fingerprint density at radius 2 is 1.73 bits per heavy atom. The topological polar surface area (TPSA) is 43.8 Å². The molecule has 0 saturated carbocycles. The van der Waals surface area contributed by atoms with Crippen LogP contribution in [-0.4, -0.2) is 59.6 Å². The van der Waals surface area contributed by atoms with Crippen molar-refractivity contribution in [1.82, 2.24) is 9.80 Å². The summed E-state index contributed by atoms with van der Waals surface area (Å²) in [5.41, 5.74) is -0.752. The molecular weight excluding hydrogens is 192 g/mol. The average Bonchev–Trinajstić information content (AvgIpc) is 2.02. The lowest BCUT2D eigenvalue weighted by atomic mass is 10.1. The molecule has 0 aliphatic carbocycles. The minimum Gasteiger partial charge on any atom is -0.389 e. The first-order valence-corrected chi connectivity index (χ1v) is 5.48. The van der Waals surface area contributed by atoms with E-state index >= 15 is 0 Å². The minimum absolute atomic E-state index is 0.117. The number of nitrogens with zero attached hydrogens (tertiary/aromatic N) is 2. The summed E-state index contributed by atoms with van der Waals surface area (Å²) in [7, 11) is 1.85. The zero-order valence-corrected chi connectivity index (χ0v) is 10.6. The molecule has 0 radical (unpaired) electrons. The van der Waals surface area contributed by atoms with Crippen LogP contribution in [0.3, 0.4) is 0 Å². The van der Waals surface area contributed by atoms with Crippen LogP contribution in [0.4, 0.5) is 0 Å². The fourth-order valence-corrected chi connectivity index (χ4v) is 1.62. The fourth-order valence-electron chi connectivity index (χ4n) is 1.62. The third-order valence-corrected chi connectivity index (χ3v) is 2.18. The number of carbonyl (C=O) groups is 1. The van der Waals surface area contributed by atoms with Gasteiger partial charge in [-0.15, -0.1) is 0 Å². The summed E-state index contributed by atoms with van der Waals surface area (Å²) in [5.74, 6) is 0.117. The van der Waals surface area contributed by atoms with Gasteiger partial charge in [0.15, 0.2) is 0 Å². The van der Waals surface area contributed by atoms with Crippen LogP contribution in [-0.2, 0) is 4.79 Å². The van der Waals surface area contributed by atoms with Gasteiger partial charge >= 0.3 is 0 Å². The lowest BCUT2D eigenvalue weighted by Gasteiger charge is -2.27. The maximum Gasteiger partial charge on any atom is 0.236 e. The first kappa shape index (κ1) is 14.4. The van der Waals surface area contributed by atoms with E-state index in [1.54, 1.807) is 18.7 Å². The van der Waals surface area contributed by atoms with Gasteiger partial charge in [-0.25, -0.2) is 0 Å². The van der Waals surface area contributed by atoms with Crippen LogP contribution < -0.4 is 0 Å². The summed E-state index contributed by atoms with van der Waals surface area (Å²) in [6, 6.07) is 0. The highest BCUT2D eigenvalue weighted by Crippen LogP contribution is 2.03. The van der Waals surface area contributed by atoms with Crippen molar-refractivity contribution in [3.8, 4) is 0 Å². The molecule has 0 rings (SSSR count). The second kappa shape index (κ2) is 6.08. The molecule has 0 heterocycles. The molecule has 1 amide bonds. The van der Waals surface area contributed by atoms with Gasteiger partial charge in [0.1, 0.15) is 0 Å². The maximum absolute atomic E-state index is 11.7. The molecular formula is C11H24N2O2. The summed E-state index contributed by atoms with van der Waals surface area (Å²) in [6.07, 6.45) is 0. The van der Waals surface area contributed by atoms with E-state index in [2.05, 4.69) is 0 Å². The summed E-state index contributed by atoms with van der Waals surface area (Å²) in [5, 5.41) is 9.59. The molecule has 0 aliphatic rings. The Hall–Kier alpha value is -0.610. The van der Waals surface area contributed by atoms with E-state index in [0.717, 1.165) is 13.1 Å². The van der Waals surface area contributed by atoms with Crippen molar-refractivity contribution in [3.05, 3.63) is 0 Å². The van der Waals surface area contributed by atoms with Gasteiger partial charge in [0.2, 0.25) is 5.91 Å². The zero-order chi connectivity index (χ0) is 12.1. The number of carbonyl (C=O) groups excluding carboxylic acids is 1.